The summed E-state index contributed by atoms with van der Waals surface area (Å²) < 4.78 is 31.8. The largest absolute Gasteiger partial charge is 0.367 e. The van der Waals surface area contributed by atoms with Gasteiger partial charge in [0.25, 0.3) is 0 Å². The lowest BCUT2D eigenvalue weighted by Gasteiger charge is -2.33. The summed E-state index contributed by atoms with van der Waals surface area (Å²) in [4.78, 5) is 72.2. The van der Waals surface area contributed by atoms with Crippen LogP contribution in [0.25, 0.3) is 11.3 Å². The summed E-state index contributed by atoms with van der Waals surface area (Å²) in [5.74, 6) is -1.09. The van der Waals surface area contributed by atoms with E-state index in [4.69, 9.17) is 0 Å². The van der Waals surface area contributed by atoms with E-state index in [9.17, 15) is 19.2 Å². The van der Waals surface area contributed by atoms with E-state index in [1.54, 1.807) is 22.2 Å². The lowest BCUT2D eigenvalue weighted by molar-refractivity contribution is -0.137. The predicted molar refractivity (Wildman–Crippen MR) is 227 cm³/mol. The van der Waals surface area contributed by atoms with E-state index in [1.165, 1.54) is 12.1 Å². The van der Waals surface area contributed by atoms with Gasteiger partial charge in [0.05, 0.1) is 24.0 Å². The molecular weight excluding hydrogens is 793 g/mol. The Morgan fingerprint density at radius 2 is 1.31 bits per heavy atom. The average molecular weight is 844 g/mol. The van der Waals surface area contributed by atoms with Gasteiger partial charge in [-0.3, -0.25) is 19.2 Å². The van der Waals surface area contributed by atoms with Gasteiger partial charge < -0.3 is 35.7 Å². The molecule has 3 aromatic carbocycles. The molecule has 0 spiro atoms. The molecule has 5 N–H and O–H groups in total. The third-order valence-electron chi connectivity index (χ3n) is 12.7. The second kappa shape index (κ2) is 17.5. The van der Waals surface area contributed by atoms with Gasteiger partial charge in [0.2, 0.25) is 23.6 Å². The zero-order valence-corrected chi connectivity index (χ0v) is 34.6. The van der Waals surface area contributed by atoms with Crippen LogP contribution in [0, 0.1) is 23.5 Å². The number of likely N-dealkylation sites (tertiary alicyclic amines) is 1. The van der Waals surface area contributed by atoms with Crippen molar-refractivity contribution in [2.24, 2.45) is 11.8 Å². The molecule has 13 nitrogen and oxygen atoms in total. The Morgan fingerprint density at radius 1 is 0.710 bits per heavy atom. The maximum absolute atomic E-state index is 15.9. The monoisotopic (exact) mass is 843 g/mol. The van der Waals surface area contributed by atoms with Gasteiger partial charge in [-0.2, -0.15) is 0 Å². The molecule has 9 rings (SSSR count). The fraction of sp³-hybridized carbons (Fsp3) is 0.404. The minimum Gasteiger partial charge on any atom is -0.367 e. The van der Waals surface area contributed by atoms with Gasteiger partial charge in [-0.1, -0.05) is 60.7 Å². The van der Waals surface area contributed by atoms with E-state index < -0.39 is 29.8 Å². The van der Waals surface area contributed by atoms with Gasteiger partial charge in [0.1, 0.15) is 41.1 Å². The molecule has 4 heterocycles. The molecule has 2 aromatic heterocycles. The molecule has 15 heteroatoms. The summed E-state index contributed by atoms with van der Waals surface area (Å²) in [5.41, 5.74) is 2.95. The number of aromatic amines is 2. The maximum Gasteiger partial charge on any atom is 0.250 e. The number of carbonyl (C=O) groups is 4. The van der Waals surface area contributed by atoms with Crippen LogP contribution in [0.1, 0.15) is 117 Å². The smallest absolute Gasteiger partial charge is 0.250 e. The number of nitrogens with one attached hydrogen (secondary N) is 5. The van der Waals surface area contributed by atoms with Crippen molar-refractivity contribution in [3.63, 3.8) is 0 Å². The molecule has 0 bridgehead atoms. The summed E-state index contributed by atoms with van der Waals surface area (Å²) >= 11 is 0. The number of carbonyl (C=O) groups excluding carboxylic acids is 4. The van der Waals surface area contributed by atoms with Crippen molar-refractivity contribution in [2.75, 3.05) is 24.5 Å². The second-order valence-corrected chi connectivity index (χ2v) is 17.1. The summed E-state index contributed by atoms with van der Waals surface area (Å²) in [6, 6.07) is 18.5. The fourth-order valence-corrected chi connectivity index (χ4v) is 8.80. The van der Waals surface area contributed by atoms with Gasteiger partial charge in [0, 0.05) is 54.8 Å². The molecule has 4 amide bonds. The average Bonchev–Trinajstić information content (AvgIpc) is 4.16. The number of imidazole rings is 2. The zero-order valence-electron chi connectivity index (χ0n) is 34.6. The number of hydrogen-bond acceptors (Lipinski definition) is 7. The number of hydrogen-bond donors (Lipinski definition) is 5. The topological polar surface area (TPSA) is 168 Å². The van der Waals surface area contributed by atoms with Gasteiger partial charge in [-0.05, 0) is 81.5 Å². The van der Waals surface area contributed by atoms with Gasteiger partial charge in [0.15, 0.2) is 0 Å². The predicted octanol–water partition coefficient (Wildman–Crippen LogP) is 6.84. The van der Waals surface area contributed by atoms with E-state index >= 15 is 8.78 Å². The SMILES string of the molecule is CC(NC(=O)C(NC(=O)C1CC1)c1ccccc1)c1ncc(C2CCN(c3c(F)cc(-c4cnc(C5CCCN5C(=O)C(NC(=O)C5CC5)c5ccccc5)[nH]4)cc3F)CC2)[nH]1. The molecule has 4 atom stereocenters. The molecule has 322 valence electrons. The zero-order chi connectivity index (χ0) is 42.9. The summed E-state index contributed by atoms with van der Waals surface area (Å²) in [5, 5.41) is 8.89. The first-order valence-electron chi connectivity index (χ1n) is 21.8. The highest BCUT2D eigenvalue weighted by molar-refractivity contribution is 5.91. The van der Waals surface area contributed by atoms with E-state index in [0.29, 0.717) is 72.9 Å². The summed E-state index contributed by atoms with van der Waals surface area (Å²) in [6.45, 7) is 3.16. The number of piperidine rings is 1. The second-order valence-electron chi connectivity index (χ2n) is 17.1. The summed E-state index contributed by atoms with van der Waals surface area (Å²) in [6.07, 6.45) is 9.25. The van der Waals surface area contributed by atoms with Crippen LogP contribution in [0.15, 0.2) is 85.2 Å². The Balaban J connectivity index is 0.823. The normalized spacial score (nSPS) is 19.4. The fourth-order valence-electron chi connectivity index (χ4n) is 8.80. The molecule has 2 aliphatic carbocycles. The van der Waals surface area contributed by atoms with Crippen molar-refractivity contribution in [2.45, 2.75) is 88.4 Å². The van der Waals surface area contributed by atoms with Crippen molar-refractivity contribution in [1.29, 1.82) is 0 Å². The van der Waals surface area contributed by atoms with E-state index in [1.807, 2.05) is 67.6 Å². The number of amides is 4. The minimum atomic E-state index is -0.829. The van der Waals surface area contributed by atoms with Crippen LogP contribution < -0.4 is 20.9 Å². The molecular formula is C47H51F2N9O4. The third kappa shape index (κ3) is 8.84. The maximum atomic E-state index is 15.9. The first-order valence-corrected chi connectivity index (χ1v) is 21.8. The molecule has 4 unspecified atom stereocenters. The van der Waals surface area contributed by atoms with E-state index in [2.05, 4.69) is 35.9 Å². The van der Waals surface area contributed by atoms with Gasteiger partial charge >= 0.3 is 0 Å². The van der Waals surface area contributed by atoms with Gasteiger partial charge in [-0.25, -0.2) is 18.7 Å². The van der Waals surface area contributed by atoms with Crippen LogP contribution in [0.5, 0.6) is 0 Å². The molecule has 0 radical (unpaired) electrons. The molecule has 2 saturated heterocycles. The van der Waals surface area contributed by atoms with Crippen molar-refractivity contribution < 1.29 is 28.0 Å². The lowest BCUT2D eigenvalue weighted by atomic mass is 9.93. The van der Waals surface area contributed by atoms with Crippen molar-refractivity contribution in [3.8, 4) is 11.3 Å². The number of anilines is 1. The molecule has 5 aromatic rings. The molecule has 4 fully saturated rings. The third-order valence-corrected chi connectivity index (χ3v) is 12.7. The van der Waals surface area contributed by atoms with Gasteiger partial charge in [-0.15, -0.1) is 0 Å². The molecule has 2 aliphatic heterocycles. The molecule has 62 heavy (non-hydrogen) atoms. The minimum absolute atomic E-state index is 0.0444. The number of nitrogens with zero attached hydrogens (tertiary/aromatic N) is 4. The van der Waals surface area contributed by atoms with Crippen LogP contribution in [0.3, 0.4) is 0 Å². The Morgan fingerprint density at radius 3 is 1.92 bits per heavy atom. The number of benzene rings is 3. The van der Waals surface area contributed by atoms with E-state index in [0.717, 1.165) is 37.8 Å². The quantitative estimate of drug-likeness (QED) is 0.0816. The van der Waals surface area contributed by atoms with Crippen LogP contribution in [-0.4, -0.2) is 68.1 Å². The molecule has 2 saturated carbocycles. The first-order chi connectivity index (χ1) is 30.1. The Kier molecular flexibility index (Phi) is 11.6. The number of aromatic nitrogens is 4. The Labute approximate surface area is 358 Å². The van der Waals surface area contributed by atoms with Crippen LogP contribution in [0.2, 0.25) is 0 Å². The van der Waals surface area contributed by atoms with E-state index in [-0.39, 0.29) is 53.1 Å². The number of halogens is 2. The van der Waals surface area contributed by atoms with Crippen LogP contribution in [0.4, 0.5) is 14.5 Å². The number of rotatable bonds is 14. The van der Waals surface area contributed by atoms with Crippen LogP contribution in [-0.2, 0) is 19.2 Å². The highest BCUT2D eigenvalue weighted by atomic mass is 19.1. The Bertz CT molecular complexity index is 2400. The first kappa shape index (κ1) is 41.0. The lowest BCUT2D eigenvalue weighted by Crippen LogP contribution is -2.43. The van der Waals surface area contributed by atoms with Crippen molar-refractivity contribution in [3.05, 3.63) is 125 Å². The van der Waals surface area contributed by atoms with Crippen molar-refractivity contribution in [1.82, 2.24) is 40.8 Å². The molecule has 4 aliphatic rings. The van der Waals surface area contributed by atoms with Crippen LogP contribution >= 0.6 is 0 Å². The highest BCUT2D eigenvalue weighted by Gasteiger charge is 2.39. The standard InChI is InChI=1S/C47H51F2N9O4/c1-27(52-46(61)39(29-9-4-2-5-10-29)55-44(59)31-14-15-31)42-50-25-36(53-42)28-18-21-57(22-19-28)41-34(48)23-33(24-35(41)49)37-26-51-43(54-37)38-13-8-20-58(38)47(62)40(30-11-6-3-7-12-30)56-45(60)32-16-17-32/h2-7,9-12,23-28,31-32,38-40H,8,13-22H2,1H3,(H,50,53)(H,51,54)(H,52,61)(H,55,59)(H,56,60). The highest BCUT2D eigenvalue weighted by Crippen LogP contribution is 2.38. The van der Waals surface area contributed by atoms with Crippen molar-refractivity contribution >= 4 is 29.3 Å². The Hall–Kier alpha value is -6.38. The number of H-pyrrole nitrogens is 2. The summed E-state index contributed by atoms with van der Waals surface area (Å²) in [7, 11) is 0.